The number of nitrogens with zero attached hydrogens (tertiary/aromatic N) is 2. The molecule has 2 aliphatic heterocycles. The molecule has 2 atom stereocenters. The van der Waals surface area contributed by atoms with Gasteiger partial charge in [0.05, 0.1) is 23.6 Å². The number of methoxy groups -OCH3 is 1. The minimum Gasteiger partial charge on any atom is -0.495 e. The highest BCUT2D eigenvalue weighted by molar-refractivity contribution is 5.95. The highest BCUT2D eigenvalue weighted by Crippen LogP contribution is 2.40. The maximum absolute atomic E-state index is 13.2. The smallest absolute Gasteiger partial charge is 0.269 e. The van der Waals surface area contributed by atoms with Crippen molar-refractivity contribution in [1.29, 1.82) is 0 Å². The van der Waals surface area contributed by atoms with Gasteiger partial charge < -0.3 is 15.0 Å². The van der Waals surface area contributed by atoms with Crippen molar-refractivity contribution in [1.82, 2.24) is 0 Å². The van der Waals surface area contributed by atoms with E-state index in [9.17, 15) is 14.9 Å². The zero-order chi connectivity index (χ0) is 19.7. The van der Waals surface area contributed by atoms with Crippen LogP contribution in [-0.2, 0) is 11.2 Å². The second kappa shape index (κ2) is 7.50. The molecule has 0 unspecified atom stereocenters. The summed E-state index contributed by atoms with van der Waals surface area (Å²) in [4.78, 5) is 26.3. The quantitative estimate of drug-likeness (QED) is 0.644. The number of carbonyl (C=O) groups excluding carboxylic acids is 1. The number of anilines is 2. The molecule has 0 aromatic heterocycles. The van der Waals surface area contributed by atoms with Crippen molar-refractivity contribution in [2.24, 2.45) is 5.92 Å². The van der Waals surface area contributed by atoms with Gasteiger partial charge in [0, 0.05) is 30.4 Å². The van der Waals surface area contributed by atoms with Crippen molar-refractivity contribution >= 4 is 23.0 Å². The van der Waals surface area contributed by atoms with E-state index in [-0.39, 0.29) is 28.5 Å². The molecule has 0 bridgehead atoms. The number of amides is 1. The van der Waals surface area contributed by atoms with Gasteiger partial charge in [0.25, 0.3) is 5.69 Å². The second-order valence-electron chi connectivity index (χ2n) is 7.33. The number of nitrogens with one attached hydrogen (secondary N) is 1. The predicted molar refractivity (Wildman–Crippen MR) is 107 cm³/mol. The van der Waals surface area contributed by atoms with E-state index in [1.807, 2.05) is 30.3 Å². The van der Waals surface area contributed by atoms with Crippen LogP contribution in [0.1, 0.15) is 24.8 Å². The van der Waals surface area contributed by atoms with Gasteiger partial charge >= 0.3 is 0 Å². The molecule has 0 spiro atoms. The Balaban J connectivity index is 1.65. The van der Waals surface area contributed by atoms with Crippen molar-refractivity contribution in [3.05, 3.63) is 58.1 Å². The van der Waals surface area contributed by atoms with E-state index in [2.05, 4.69) is 10.2 Å². The number of ether oxygens (including phenoxy) is 1. The first-order valence-electron chi connectivity index (χ1n) is 9.56. The number of hydrogen-bond acceptors (Lipinski definition) is 5. The summed E-state index contributed by atoms with van der Waals surface area (Å²) >= 11 is 0. The second-order valence-corrected chi connectivity index (χ2v) is 7.33. The van der Waals surface area contributed by atoms with E-state index in [4.69, 9.17) is 4.74 Å². The summed E-state index contributed by atoms with van der Waals surface area (Å²) in [6.45, 7) is 0.869. The van der Waals surface area contributed by atoms with Gasteiger partial charge in [0.15, 0.2) is 0 Å². The van der Waals surface area contributed by atoms with Crippen LogP contribution in [0.3, 0.4) is 0 Å². The Kier molecular flexibility index (Phi) is 4.90. The van der Waals surface area contributed by atoms with Crippen molar-refractivity contribution < 1.29 is 14.5 Å². The molecule has 1 fully saturated rings. The van der Waals surface area contributed by atoms with Gasteiger partial charge in [-0.3, -0.25) is 14.9 Å². The molecule has 2 aromatic carbocycles. The van der Waals surface area contributed by atoms with Gasteiger partial charge in [0.1, 0.15) is 5.75 Å². The van der Waals surface area contributed by atoms with Gasteiger partial charge in [-0.2, -0.15) is 0 Å². The van der Waals surface area contributed by atoms with Crippen LogP contribution in [-0.4, -0.2) is 30.5 Å². The maximum Gasteiger partial charge on any atom is 0.269 e. The Morgan fingerprint density at radius 1 is 1.25 bits per heavy atom. The monoisotopic (exact) mass is 381 g/mol. The topological polar surface area (TPSA) is 84.7 Å². The zero-order valence-corrected chi connectivity index (χ0v) is 15.8. The summed E-state index contributed by atoms with van der Waals surface area (Å²) < 4.78 is 5.34. The van der Waals surface area contributed by atoms with E-state index in [1.165, 1.54) is 0 Å². The lowest BCUT2D eigenvalue weighted by Gasteiger charge is -2.45. The molecule has 0 radical (unpaired) electrons. The lowest BCUT2D eigenvalue weighted by Crippen LogP contribution is -2.52. The average Bonchev–Trinajstić information content (AvgIpc) is 2.73. The molecule has 146 valence electrons. The number of para-hydroxylation sites is 2. The van der Waals surface area contributed by atoms with Crippen LogP contribution in [0.2, 0.25) is 0 Å². The van der Waals surface area contributed by atoms with Gasteiger partial charge in [-0.1, -0.05) is 12.1 Å². The predicted octanol–water partition coefficient (Wildman–Crippen LogP) is 3.77. The SMILES string of the molecule is COc1ccccc1NC(=O)[C@H]1Cc2cc([N+](=O)[O-])ccc2N2CCCC[C@@H]12. The summed E-state index contributed by atoms with van der Waals surface area (Å²) in [6.07, 6.45) is 3.59. The number of fused-ring (bicyclic) bond motifs is 3. The molecular weight excluding hydrogens is 358 g/mol. The first-order chi connectivity index (χ1) is 13.6. The third-order valence-electron chi connectivity index (χ3n) is 5.74. The molecular formula is C21H23N3O4. The molecule has 2 aromatic rings. The maximum atomic E-state index is 13.2. The van der Waals surface area contributed by atoms with Crippen LogP contribution in [0.15, 0.2) is 42.5 Å². The number of carbonyl (C=O) groups is 1. The fourth-order valence-corrected chi connectivity index (χ4v) is 4.42. The molecule has 1 amide bonds. The largest absolute Gasteiger partial charge is 0.495 e. The normalized spacial score (nSPS) is 20.7. The molecule has 28 heavy (non-hydrogen) atoms. The summed E-state index contributed by atoms with van der Waals surface area (Å²) in [5.41, 5.74) is 2.60. The van der Waals surface area contributed by atoms with Crippen LogP contribution < -0.4 is 15.0 Å². The van der Waals surface area contributed by atoms with Crippen molar-refractivity contribution in [3.63, 3.8) is 0 Å². The first kappa shape index (κ1) is 18.3. The Bertz CT molecular complexity index is 914. The van der Waals surface area contributed by atoms with Crippen LogP contribution in [0, 0.1) is 16.0 Å². The van der Waals surface area contributed by atoms with E-state index in [0.29, 0.717) is 17.9 Å². The molecule has 0 aliphatic carbocycles. The average molecular weight is 381 g/mol. The zero-order valence-electron chi connectivity index (χ0n) is 15.8. The molecule has 1 saturated heterocycles. The molecule has 1 N–H and O–H groups in total. The minimum atomic E-state index is -0.382. The lowest BCUT2D eigenvalue weighted by atomic mass is 9.80. The fraction of sp³-hybridized carbons (Fsp3) is 0.381. The molecule has 0 saturated carbocycles. The van der Waals surface area contributed by atoms with E-state index >= 15 is 0 Å². The Morgan fingerprint density at radius 2 is 2.07 bits per heavy atom. The van der Waals surface area contributed by atoms with Gasteiger partial charge in [0.2, 0.25) is 5.91 Å². The van der Waals surface area contributed by atoms with Crippen LogP contribution in [0.5, 0.6) is 5.75 Å². The number of hydrogen-bond donors (Lipinski definition) is 1. The Morgan fingerprint density at radius 3 is 2.86 bits per heavy atom. The molecule has 4 rings (SSSR count). The molecule has 2 aliphatic rings. The van der Waals surface area contributed by atoms with E-state index in [0.717, 1.165) is 37.1 Å². The van der Waals surface area contributed by atoms with Gasteiger partial charge in [-0.15, -0.1) is 0 Å². The number of benzene rings is 2. The third kappa shape index (κ3) is 3.28. The molecule has 7 nitrogen and oxygen atoms in total. The Labute approximate surface area is 163 Å². The van der Waals surface area contributed by atoms with E-state index < -0.39 is 0 Å². The minimum absolute atomic E-state index is 0.0677. The Hall–Kier alpha value is -3.09. The van der Waals surface area contributed by atoms with E-state index in [1.54, 1.807) is 19.2 Å². The first-order valence-corrected chi connectivity index (χ1v) is 9.56. The number of nitro benzene ring substituents is 1. The van der Waals surface area contributed by atoms with Crippen molar-refractivity contribution in [3.8, 4) is 5.75 Å². The van der Waals surface area contributed by atoms with Crippen molar-refractivity contribution in [2.75, 3.05) is 23.9 Å². The highest BCUT2D eigenvalue weighted by Gasteiger charge is 2.40. The third-order valence-corrected chi connectivity index (χ3v) is 5.74. The summed E-state index contributed by atoms with van der Waals surface area (Å²) in [6, 6.07) is 12.4. The summed E-state index contributed by atoms with van der Waals surface area (Å²) in [7, 11) is 1.57. The van der Waals surface area contributed by atoms with Crippen LogP contribution in [0.4, 0.5) is 17.1 Å². The number of non-ortho nitro benzene ring substituents is 1. The lowest BCUT2D eigenvalue weighted by molar-refractivity contribution is -0.384. The van der Waals surface area contributed by atoms with Crippen LogP contribution in [0.25, 0.3) is 0 Å². The molecule has 2 heterocycles. The highest BCUT2D eigenvalue weighted by atomic mass is 16.6. The number of piperidine rings is 1. The number of rotatable bonds is 4. The van der Waals surface area contributed by atoms with Crippen molar-refractivity contribution in [2.45, 2.75) is 31.7 Å². The van der Waals surface area contributed by atoms with Crippen LogP contribution >= 0.6 is 0 Å². The number of nitro groups is 1. The van der Waals surface area contributed by atoms with Gasteiger partial charge in [-0.05, 0) is 49.4 Å². The molecule has 7 heteroatoms. The van der Waals surface area contributed by atoms with Gasteiger partial charge in [-0.25, -0.2) is 0 Å². The standard InChI is InChI=1S/C21H23N3O4/c1-28-20-8-3-2-6-17(20)22-21(25)16-13-14-12-15(24(26)27)9-10-18(14)23-11-5-4-7-19(16)23/h2-3,6,8-10,12,16,19H,4-5,7,11,13H2,1H3,(H,22,25)/t16-,19-/m0/s1. The summed E-state index contributed by atoms with van der Waals surface area (Å²) in [5.74, 6) is 0.279. The fourth-order valence-electron chi connectivity index (χ4n) is 4.42. The summed E-state index contributed by atoms with van der Waals surface area (Å²) in [5, 5.41) is 14.2.